The summed E-state index contributed by atoms with van der Waals surface area (Å²) in [5.41, 5.74) is 0. The number of hydrogen-bond donors (Lipinski definition) is 3. The maximum Gasteiger partial charge on any atom is 0.305 e. The molecule has 350 valence electrons. The van der Waals surface area contributed by atoms with Gasteiger partial charge in [-0.25, -0.2) is 0 Å². The predicted molar refractivity (Wildman–Crippen MR) is 255 cm³/mol. The number of carbonyl (C=O) groups is 2. The van der Waals surface area contributed by atoms with Crippen LogP contribution in [-0.2, 0) is 14.3 Å². The number of aliphatic hydroxyl groups excluding tert-OH is 2. The van der Waals surface area contributed by atoms with Gasteiger partial charge in [0, 0.05) is 12.8 Å². The Morgan fingerprint density at radius 2 is 0.797 bits per heavy atom. The first-order valence-electron chi connectivity index (χ1n) is 26.4. The van der Waals surface area contributed by atoms with Crippen LogP contribution in [0.25, 0.3) is 0 Å². The fourth-order valence-electron chi connectivity index (χ4n) is 8.22. The van der Waals surface area contributed by atoms with Gasteiger partial charge in [0.2, 0.25) is 5.91 Å². The number of unbranched alkanes of at least 4 members (excludes halogenated alkanes) is 36. The largest absolute Gasteiger partial charge is 0.466 e. The molecule has 0 aliphatic heterocycles. The number of ether oxygens (including phenoxy) is 1. The summed E-state index contributed by atoms with van der Waals surface area (Å²) in [4.78, 5) is 24.4. The summed E-state index contributed by atoms with van der Waals surface area (Å²) in [7, 11) is 0. The minimum atomic E-state index is -0.671. The number of rotatable bonds is 49. The topological polar surface area (TPSA) is 95.9 Å². The van der Waals surface area contributed by atoms with Crippen LogP contribution >= 0.6 is 0 Å². The standard InChI is InChI=1S/C53H103NO5/c1-3-5-7-9-11-13-14-15-16-17-18-21-24-27-31-35-39-43-47-53(58)59-48-44-40-36-32-28-25-22-19-20-23-26-30-34-38-42-46-52(57)54-50(49-55)51(56)45-41-37-33-29-12-10-8-6-4-2/h22,25,50-51,55-56H,3-21,23-24,26-49H2,1-2H3,(H,54,57)/b25-22-. The molecule has 0 saturated carbocycles. The lowest BCUT2D eigenvalue weighted by Crippen LogP contribution is -2.45. The van der Waals surface area contributed by atoms with Gasteiger partial charge in [-0.1, -0.05) is 238 Å². The highest BCUT2D eigenvalue weighted by Crippen LogP contribution is 2.17. The van der Waals surface area contributed by atoms with Crippen LogP contribution in [0, 0.1) is 0 Å². The normalized spacial score (nSPS) is 12.7. The second-order valence-electron chi connectivity index (χ2n) is 18.2. The lowest BCUT2D eigenvalue weighted by Gasteiger charge is -2.22. The van der Waals surface area contributed by atoms with Crippen molar-refractivity contribution in [2.75, 3.05) is 13.2 Å². The van der Waals surface area contributed by atoms with Crippen molar-refractivity contribution in [1.82, 2.24) is 5.32 Å². The Hall–Kier alpha value is -1.40. The first-order valence-corrected chi connectivity index (χ1v) is 26.4. The van der Waals surface area contributed by atoms with Gasteiger partial charge < -0.3 is 20.3 Å². The van der Waals surface area contributed by atoms with Gasteiger partial charge in [-0.3, -0.25) is 9.59 Å². The Bertz CT molecular complexity index is 878. The summed E-state index contributed by atoms with van der Waals surface area (Å²) in [6, 6.07) is -0.549. The monoisotopic (exact) mass is 834 g/mol. The van der Waals surface area contributed by atoms with E-state index in [9.17, 15) is 19.8 Å². The number of carbonyl (C=O) groups excluding carboxylic acids is 2. The van der Waals surface area contributed by atoms with Gasteiger partial charge in [0.15, 0.2) is 0 Å². The molecule has 3 N–H and O–H groups in total. The molecule has 0 aromatic heterocycles. The molecule has 1 amide bonds. The van der Waals surface area contributed by atoms with Gasteiger partial charge in [0.05, 0.1) is 25.4 Å². The maximum absolute atomic E-state index is 12.4. The molecule has 0 fully saturated rings. The van der Waals surface area contributed by atoms with Crippen molar-refractivity contribution in [3.63, 3.8) is 0 Å². The highest BCUT2D eigenvalue weighted by atomic mass is 16.5. The van der Waals surface area contributed by atoms with E-state index in [4.69, 9.17) is 4.74 Å². The minimum absolute atomic E-state index is 0.00586. The number of allylic oxidation sites excluding steroid dienone is 2. The van der Waals surface area contributed by atoms with Crippen molar-refractivity contribution in [3.8, 4) is 0 Å². The molecule has 0 radical (unpaired) electrons. The van der Waals surface area contributed by atoms with E-state index >= 15 is 0 Å². The zero-order valence-electron chi connectivity index (χ0n) is 39.7. The van der Waals surface area contributed by atoms with Crippen LogP contribution in [0.3, 0.4) is 0 Å². The highest BCUT2D eigenvalue weighted by Gasteiger charge is 2.20. The molecule has 6 nitrogen and oxygen atoms in total. The molecule has 6 heteroatoms. The van der Waals surface area contributed by atoms with E-state index in [-0.39, 0.29) is 18.5 Å². The quantitative estimate of drug-likeness (QED) is 0.0322. The molecular formula is C53H103NO5. The zero-order valence-corrected chi connectivity index (χ0v) is 39.7. The molecular weight excluding hydrogens is 731 g/mol. The molecule has 0 rings (SSSR count). The minimum Gasteiger partial charge on any atom is -0.466 e. The van der Waals surface area contributed by atoms with E-state index in [1.54, 1.807) is 0 Å². The number of hydrogen-bond acceptors (Lipinski definition) is 5. The first kappa shape index (κ1) is 57.6. The number of nitrogens with one attached hydrogen (secondary N) is 1. The van der Waals surface area contributed by atoms with Crippen LogP contribution < -0.4 is 5.32 Å². The van der Waals surface area contributed by atoms with E-state index in [2.05, 4.69) is 31.3 Å². The predicted octanol–water partition coefficient (Wildman–Crippen LogP) is 15.7. The van der Waals surface area contributed by atoms with Gasteiger partial charge in [-0.2, -0.15) is 0 Å². The third-order valence-electron chi connectivity index (χ3n) is 12.3. The lowest BCUT2D eigenvalue weighted by molar-refractivity contribution is -0.143. The van der Waals surface area contributed by atoms with Gasteiger partial charge >= 0.3 is 5.97 Å². The zero-order chi connectivity index (χ0) is 43.0. The maximum atomic E-state index is 12.4. The molecule has 0 aromatic carbocycles. The fourth-order valence-corrected chi connectivity index (χ4v) is 8.22. The summed E-state index contributed by atoms with van der Waals surface area (Å²) in [5, 5.41) is 23.0. The summed E-state index contributed by atoms with van der Waals surface area (Å²) in [5.74, 6) is -0.0579. The summed E-state index contributed by atoms with van der Waals surface area (Å²) in [6.07, 6.45) is 56.2. The summed E-state index contributed by atoms with van der Waals surface area (Å²) in [6.45, 7) is 4.91. The molecule has 0 spiro atoms. The van der Waals surface area contributed by atoms with Crippen LogP contribution in [0.2, 0.25) is 0 Å². The second-order valence-corrected chi connectivity index (χ2v) is 18.2. The van der Waals surface area contributed by atoms with Crippen molar-refractivity contribution in [2.45, 2.75) is 302 Å². The fraction of sp³-hybridized carbons (Fsp3) is 0.925. The number of amides is 1. The second kappa shape index (κ2) is 49.3. The van der Waals surface area contributed by atoms with Crippen LogP contribution in [0.1, 0.15) is 290 Å². The first-order chi connectivity index (χ1) is 29.0. The average Bonchev–Trinajstić information content (AvgIpc) is 3.24. The summed E-state index contributed by atoms with van der Waals surface area (Å²) >= 11 is 0. The Labute approximate surface area is 368 Å². The average molecular weight is 834 g/mol. The van der Waals surface area contributed by atoms with Crippen LogP contribution in [-0.4, -0.2) is 47.4 Å². The Morgan fingerprint density at radius 3 is 1.20 bits per heavy atom. The van der Waals surface area contributed by atoms with Gasteiger partial charge in [0.1, 0.15) is 0 Å². The molecule has 0 aromatic rings. The van der Waals surface area contributed by atoms with E-state index in [1.807, 2.05) is 0 Å². The van der Waals surface area contributed by atoms with Crippen molar-refractivity contribution >= 4 is 11.9 Å². The Balaban J connectivity index is 3.41. The molecule has 0 aliphatic carbocycles. The van der Waals surface area contributed by atoms with Crippen molar-refractivity contribution in [1.29, 1.82) is 0 Å². The Morgan fingerprint density at radius 1 is 0.458 bits per heavy atom. The lowest BCUT2D eigenvalue weighted by atomic mass is 10.0. The van der Waals surface area contributed by atoms with Crippen molar-refractivity contribution < 1.29 is 24.5 Å². The van der Waals surface area contributed by atoms with Crippen LogP contribution in [0.4, 0.5) is 0 Å². The van der Waals surface area contributed by atoms with Crippen LogP contribution in [0.15, 0.2) is 12.2 Å². The molecule has 0 bridgehead atoms. The van der Waals surface area contributed by atoms with E-state index < -0.39 is 12.1 Å². The summed E-state index contributed by atoms with van der Waals surface area (Å²) < 4.78 is 5.47. The third kappa shape index (κ3) is 45.9. The Kier molecular flexibility index (Phi) is 48.1. The molecule has 0 saturated heterocycles. The van der Waals surface area contributed by atoms with E-state index in [0.717, 1.165) is 70.6 Å². The molecule has 0 heterocycles. The molecule has 2 unspecified atom stereocenters. The van der Waals surface area contributed by atoms with Crippen LogP contribution in [0.5, 0.6) is 0 Å². The third-order valence-corrected chi connectivity index (χ3v) is 12.3. The van der Waals surface area contributed by atoms with Gasteiger partial charge in [0.25, 0.3) is 0 Å². The number of aliphatic hydroxyl groups is 2. The molecule has 59 heavy (non-hydrogen) atoms. The van der Waals surface area contributed by atoms with Gasteiger partial charge in [-0.15, -0.1) is 0 Å². The molecule has 2 atom stereocenters. The SMILES string of the molecule is CCCCCCCCCCCCCCCCCCCCC(=O)OCCCCCC/C=C\CCCCCCCCCC(=O)NC(CO)C(O)CCCCCCCCCCC. The molecule has 0 aliphatic rings. The smallest absolute Gasteiger partial charge is 0.305 e. The van der Waals surface area contributed by atoms with Gasteiger partial charge in [-0.05, 0) is 51.4 Å². The van der Waals surface area contributed by atoms with E-state index in [0.29, 0.717) is 25.9 Å². The van der Waals surface area contributed by atoms with Crippen molar-refractivity contribution in [2.24, 2.45) is 0 Å². The van der Waals surface area contributed by atoms with Crippen molar-refractivity contribution in [3.05, 3.63) is 12.2 Å². The number of esters is 1. The van der Waals surface area contributed by atoms with E-state index in [1.165, 1.54) is 186 Å². The highest BCUT2D eigenvalue weighted by molar-refractivity contribution is 5.76.